The van der Waals surface area contributed by atoms with Crippen molar-refractivity contribution in [2.45, 2.75) is 115 Å². The average Bonchev–Trinajstić information content (AvgIpc) is 3.60. The number of anilines is 2. The first-order valence-corrected chi connectivity index (χ1v) is 21.7. The van der Waals surface area contributed by atoms with E-state index in [4.69, 9.17) is 4.98 Å². The third-order valence-corrected chi connectivity index (χ3v) is 15.8. The minimum absolute atomic E-state index is 0.0346. The molecule has 58 heavy (non-hydrogen) atoms. The first-order chi connectivity index (χ1) is 28.0. The van der Waals surface area contributed by atoms with Crippen LogP contribution in [0.5, 0.6) is 0 Å². The maximum absolute atomic E-state index is 14.0. The minimum Gasteiger partial charge on any atom is -0.393 e. The van der Waals surface area contributed by atoms with Crippen molar-refractivity contribution in [2.75, 3.05) is 10.6 Å². The molecule has 9 heteroatoms. The van der Waals surface area contributed by atoms with Gasteiger partial charge in [-0.05, 0) is 139 Å². The van der Waals surface area contributed by atoms with Gasteiger partial charge in [-0.25, -0.2) is 4.98 Å². The Hall–Kier alpha value is -4.15. The molecule has 4 saturated carbocycles. The van der Waals surface area contributed by atoms with Crippen molar-refractivity contribution in [2.24, 2.45) is 46.3 Å². The smallest absolute Gasteiger partial charge is 0.224 e. The molecule has 2 aromatic heterocycles. The number of aromatic nitrogens is 2. The van der Waals surface area contributed by atoms with Crippen molar-refractivity contribution in [3.8, 4) is 0 Å². The molecule has 308 valence electrons. The zero-order chi connectivity index (χ0) is 40.6. The van der Waals surface area contributed by atoms with E-state index in [1.54, 1.807) is 12.4 Å². The second kappa shape index (κ2) is 16.8. The van der Waals surface area contributed by atoms with Gasteiger partial charge in [-0.15, -0.1) is 0 Å². The van der Waals surface area contributed by atoms with Crippen LogP contribution in [-0.4, -0.2) is 54.6 Å². The van der Waals surface area contributed by atoms with Crippen LogP contribution in [0.3, 0.4) is 0 Å². The maximum atomic E-state index is 14.0. The molecule has 2 heterocycles. The number of para-hydroxylation sites is 1. The molecule has 4 aliphatic rings. The molecule has 9 nitrogen and oxygen atoms in total. The van der Waals surface area contributed by atoms with Crippen LogP contribution in [0.25, 0.3) is 0 Å². The maximum Gasteiger partial charge on any atom is 0.224 e. The van der Waals surface area contributed by atoms with Crippen LogP contribution in [0.2, 0.25) is 0 Å². The molecule has 8 rings (SSSR count). The molecule has 0 unspecified atom stereocenters. The van der Waals surface area contributed by atoms with Gasteiger partial charge in [0.25, 0.3) is 0 Å². The molecule has 4 fully saturated rings. The Labute approximate surface area is 343 Å². The van der Waals surface area contributed by atoms with Crippen LogP contribution in [0, 0.1) is 46.3 Å². The Balaban J connectivity index is 1.01. The van der Waals surface area contributed by atoms with E-state index >= 15 is 0 Å². The van der Waals surface area contributed by atoms with Crippen LogP contribution in [0.15, 0.2) is 103 Å². The number of nitrogens with zero attached hydrogens (tertiary/aromatic N) is 2. The van der Waals surface area contributed by atoms with Gasteiger partial charge in [0.2, 0.25) is 5.91 Å². The van der Waals surface area contributed by atoms with E-state index in [1.807, 2.05) is 91.0 Å². The normalized spacial score (nSPS) is 33.7. The number of carbonyl (C=O) groups excluding carboxylic acids is 1. The summed E-state index contributed by atoms with van der Waals surface area (Å²) in [5.74, 6) is 1.37. The van der Waals surface area contributed by atoms with E-state index in [9.17, 15) is 25.2 Å². The Morgan fingerprint density at radius 2 is 1.55 bits per heavy atom. The highest BCUT2D eigenvalue weighted by atomic mass is 16.3. The summed E-state index contributed by atoms with van der Waals surface area (Å²) in [7, 11) is 0. The lowest BCUT2D eigenvalue weighted by atomic mass is 9.43. The summed E-state index contributed by atoms with van der Waals surface area (Å²) in [4.78, 5) is 23.3. The lowest BCUT2D eigenvalue weighted by Gasteiger charge is -2.63. The number of benzene rings is 2. The van der Waals surface area contributed by atoms with Crippen LogP contribution in [0.4, 0.5) is 11.5 Å². The highest BCUT2D eigenvalue weighted by Crippen LogP contribution is 2.68. The average molecular weight is 787 g/mol. The molecular weight excluding hydrogens is 725 g/mol. The zero-order valence-electron chi connectivity index (χ0n) is 34.2. The lowest BCUT2D eigenvalue weighted by Crippen LogP contribution is -2.62. The summed E-state index contributed by atoms with van der Waals surface area (Å²) in [6, 6.07) is 28.2. The first kappa shape index (κ1) is 40.6. The van der Waals surface area contributed by atoms with Gasteiger partial charge in [-0.3, -0.25) is 9.78 Å². The predicted octanol–water partition coefficient (Wildman–Crippen LogP) is 8.46. The fourth-order valence-corrected chi connectivity index (χ4v) is 12.7. The molecule has 14 atom stereocenters. The van der Waals surface area contributed by atoms with Gasteiger partial charge in [0.05, 0.1) is 36.4 Å². The summed E-state index contributed by atoms with van der Waals surface area (Å²) in [6.45, 7) is 6.88. The van der Waals surface area contributed by atoms with Gasteiger partial charge in [0.1, 0.15) is 5.82 Å². The number of nitrogens with one attached hydrogen (secondary N) is 2. The van der Waals surface area contributed by atoms with Crippen molar-refractivity contribution >= 4 is 17.4 Å². The van der Waals surface area contributed by atoms with E-state index in [0.29, 0.717) is 42.4 Å². The van der Waals surface area contributed by atoms with Gasteiger partial charge in [-0.1, -0.05) is 81.4 Å². The fraction of sp³-hybridized carbons (Fsp3) is 0.531. The van der Waals surface area contributed by atoms with Crippen LogP contribution >= 0.6 is 0 Å². The molecule has 6 N–H and O–H groups in total. The highest BCUT2D eigenvalue weighted by molar-refractivity contribution is 5.91. The molecular formula is C49H62N4O5. The Bertz CT molecular complexity index is 1990. The van der Waals surface area contributed by atoms with Crippen LogP contribution in [-0.2, 0) is 4.79 Å². The second-order valence-corrected chi connectivity index (χ2v) is 18.6. The molecule has 0 spiro atoms. The van der Waals surface area contributed by atoms with Gasteiger partial charge in [0, 0.05) is 30.2 Å². The monoisotopic (exact) mass is 786 g/mol. The molecule has 4 aromatic rings. The fourth-order valence-electron chi connectivity index (χ4n) is 12.7. The van der Waals surface area contributed by atoms with E-state index < -0.39 is 30.3 Å². The number of pyridine rings is 2. The number of aliphatic hydroxyl groups excluding tert-OH is 4. The number of amides is 1. The predicted molar refractivity (Wildman–Crippen MR) is 226 cm³/mol. The Morgan fingerprint density at radius 3 is 2.29 bits per heavy atom. The Morgan fingerprint density at radius 1 is 0.828 bits per heavy atom. The number of carbonyl (C=O) groups is 1. The third-order valence-electron chi connectivity index (χ3n) is 15.8. The largest absolute Gasteiger partial charge is 0.393 e. The van der Waals surface area contributed by atoms with Gasteiger partial charge >= 0.3 is 0 Å². The second-order valence-electron chi connectivity index (χ2n) is 18.6. The number of hydrogen-bond donors (Lipinski definition) is 6. The van der Waals surface area contributed by atoms with E-state index in [2.05, 4.69) is 36.4 Å². The molecule has 0 aliphatic heterocycles. The number of fused-ring (bicyclic) bond motifs is 5. The summed E-state index contributed by atoms with van der Waals surface area (Å²) in [5, 5.41) is 53.3. The quantitative estimate of drug-likeness (QED) is 0.0839. The molecule has 0 radical (unpaired) electrons. The van der Waals surface area contributed by atoms with Gasteiger partial charge < -0.3 is 31.1 Å². The van der Waals surface area contributed by atoms with E-state index in [1.165, 1.54) is 0 Å². The molecule has 1 amide bonds. The minimum atomic E-state index is -0.932. The first-order valence-electron chi connectivity index (χ1n) is 21.7. The SMILES string of the molecule is C[C@H](CCC(=O)Nc1ccccc1[C@@H](Nc1ccccn1)[C@H](c1ccccn1)[C@H](O)c1ccccc1)[C@H]1CC[C@H]2[C@@H]3[C@H](O)C[C@@H]4C[C@H](O)CC[C@]4(C)[C@H]3C[C@H](O)[C@]12C. The van der Waals surface area contributed by atoms with Crippen molar-refractivity contribution in [1.29, 1.82) is 0 Å². The Kier molecular flexibility index (Phi) is 11.8. The highest BCUT2D eigenvalue weighted by Gasteiger charge is 2.65. The van der Waals surface area contributed by atoms with E-state index in [-0.39, 0.29) is 52.4 Å². The number of rotatable bonds is 12. The van der Waals surface area contributed by atoms with Crippen molar-refractivity contribution < 1.29 is 25.2 Å². The van der Waals surface area contributed by atoms with Crippen molar-refractivity contribution in [3.05, 3.63) is 120 Å². The third kappa shape index (κ3) is 7.60. The standard InChI is InChI=1S/C49H62N4O5/c1-30(35-20-21-36-44-37(29-41(56)49(35,36)3)48(2)24-23-33(54)27-32(48)28-40(44)55)19-22-43(57)52-38-16-8-7-15-34(38)46(53-42-18-10-12-26-51-42)45(39-17-9-11-25-50-39)47(58)31-13-5-4-6-14-31/h4-18,25-26,30,32-33,35-37,40-41,44-47,54-56,58H,19-24,27-29H2,1-3H3,(H,51,53)(H,52,57)/t30-,32+,33-,35-,36+,37+,40-,41+,44+,45+,46-,47-,48+,49-/m1/s1. The summed E-state index contributed by atoms with van der Waals surface area (Å²) < 4.78 is 0. The van der Waals surface area contributed by atoms with Crippen LogP contribution in [0.1, 0.15) is 113 Å². The molecule has 0 bridgehead atoms. The summed E-state index contributed by atoms with van der Waals surface area (Å²) in [6.07, 6.45) is 8.30. The number of aliphatic hydroxyl groups is 4. The molecule has 2 aromatic carbocycles. The summed E-state index contributed by atoms with van der Waals surface area (Å²) >= 11 is 0. The van der Waals surface area contributed by atoms with Crippen molar-refractivity contribution in [3.63, 3.8) is 0 Å². The molecule has 4 aliphatic carbocycles. The zero-order valence-corrected chi connectivity index (χ0v) is 34.2. The number of hydrogen-bond acceptors (Lipinski definition) is 8. The van der Waals surface area contributed by atoms with Crippen LogP contribution < -0.4 is 10.6 Å². The van der Waals surface area contributed by atoms with Gasteiger partial charge in [-0.2, -0.15) is 0 Å². The lowest BCUT2D eigenvalue weighted by molar-refractivity contribution is -0.207. The van der Waals surface area contributed by atoms with Gasteiger partial charge in [0.15, 0.2) is 0 Å². The molecule has 0 saturated heterocycles. The van der Waals surface area contributed by atoms with Crippen molar-refractivity contribution in [1.82, 2.24) is 9.97 Å². The summed E-state index contributed by atoms with van der Waals surface area (Å²) in [5.41, 5.74) is 2.63. The topological polar surface area (TPSA) is 148 Å². The van der Waals surface area contributed by atoms with E-state index in [0.717, 1.165) is 49.7 Å².